The molecule has 0 amide bonds. The summed E-state index contributed by atoms with van der Waals surface area (Å²) in [6.45, 7) is 1.83. The van der Waals surface area contributed by atoms with E-state index in [1.807, 2.05) is 0 Å². The van der Waals surface area contributed by atoms with E-state index in [0.29, 0.717) is 59.9 Å². The third kappa shape index (κ3) is 4.34. The Morgan fingerprint density at radius 3 is 2.97 bits per heavy atom. The zero-order valence-electron chi connectivity index (χ0n) is 18.1. The van der Waals surface area contributed by atoms with Crippen molar-refractivity contribution in [1.29, 1.82) is 0 Å². The van der Waals surface area contributed by atoms with E-state index in [0.717, 1.165) is 0 Å². The van der Waals surface area contributed by atoms with E-state index in [1.165, 1.54) is 6.07 Å². The lowest BCUT2D eigenvalue weighted by Gasteiger charge is -2.27. The molecule has 2 atom stereocenters. The summed E-state index contributed by atoms with van der Waals surface area (Å²) < 4.78 is 47.8. The predicted octanol–water partition coefficient (Wildman–Crippen LogP) is 3.79. The van der Waals surface area contributed by atoms with E-state index in [1.54, 1.807) is 54.2 Å². The number of ether oxygens (including phenoxy) is 3. The van der Waals surface area contributed by atoms with Crippen molar-refractivity contribution in [2.75, 3.05) is 33.4 Å². The summed E-state index contributed by atoms with van der Waals surface area (Å²) in [6.07, 6.45) is 2.19. The lowest BCUT2D eigenvalue weighted by Crippen LogP contribution is -2.44. The molecule has 1 fully saturated rings. The first-order chi connectivity index (χ1) is 16.1. The number of methoxy groups -OCH3 is 1. The maximum atomic E-state index is 15.1. The van der Waals surface area contributed by atoms with Crippen LogP contribution in [0.15, 0.2) is 48.8 Å². The number of imidazole rings is 1. The molecule has 1 saturated heterocycles. The van der Waals surface area contributed by atoms with E-state index in [9.17, 15) is 4.39 Å². The maximum Gasteiger partial charge on any atom is 0.151 e. The van der Waals surface area contributed by atoms with Crippen LogP contribution in [0, 0.1) is 5.82 Å². The number of hydrogen-bond donors (Lipinski definition) is 1. The Labute approximate surface area is 189 Å². The summed E-state index contributed by atoms with van der Waals surface area (Å²) in [5.74, 6) is 0.597. The normalized spacial score (nSPS) is 18.6. The smallest absolute Gasteiger partial charge is 0.151 e. The number of pyridine rings is 2. The van der Waals surface area contributed by atoms with Gasteiger partial charge in [0.15, 0.2) is 5.82 Å². The molecule has 4 heterocycles. The molecule has 1 aliphatic heterocycles. The third-order valence-electron chi connectivity index (χ3n) is 5.67. The fourth-order valence-electron chi connectivity index (χ4n) is 3.98. The van der Waals surface area contributed by atoms with Gasteiger partial charge < -0.3 is 19.5 Å². The molecular weight excluding hydrogens is 430 g/mol. The number of halogens is 2. The van der Waals surface area contributed by atoms with Gasteiger partial charge in [0.2, 0.25) is 0 Å². The highest BCUT2D eigenvalue weighted by Crippen LogP contribution is 2.32. The molecule has 1 N–H and O–H groups in total. The topological polar surface area (TPSA) is 69.9 Å². The van der Waals surface area contributed by atoms with E-state index < -0.39 is 18.1 Å². The summed E-state index contributed by atoms with van der Waals surface area (Å²) in [4.78, 5) is 8.98. The molecule has 0 saturated carbocycles. The molecule has 1 aromatic carbocycles. The van der Waals surface area contributed by atoms with E-state index in [2.05, 4.69) is 15.3 Å². The second-order valence-corrected chi connectivity index (χ2v) is 7.89. The first kappa shape index (κ1) is 21.5. The molecule has 172 valence electrons. The average Bonchev–Trinajstić information content (AvgIpc) is 3.23. The molecule has 0 aliphatic carbocycles. The number of nitrogens with one attached hydrogen (secondary N) is 1. The van der Waals surface area contributed by atoms with Gasteiger partial charge in [0.25, 0.3) is 0 Å². The van der Waals surface area contributed by atoms with Crippen LogP contribution in [0.2, 0.25) is 0 Å². The van der Waals surface area contributed by atoms with Crippen LogP contribution in [0.25, 0.3) is 27.9 Å². The highest BCUT2D eigenvalue weighted by Gasteiger charge is 2.27. The second-order valence-electron chi connectivity index (χ2n) is 7.89. The minimum Gasteiger partial charge on any atom is -0.491 e. The van der Waals surface area contributed by atoms with Crippen molar-refractivity contribution < 1.29 is 23.0 Å². The van der Waals surface area contributed by atoms with Crippen LogP contribution in [-0.2, 0) is 4.74 Å². The van der Waals surface area contributed by atoms with Crippen LogP contribution >= 0.6 is 0 Å². The first-order valence-corrected chi connectivity index (χ1v) is 10.8. The van der Waals surface area contributed by atoms with Gasteiger partial charge in [-0.3, -0.25) is 4.40 Å². The largest absolute Gasteiger partial charge is 0.491 e. The van der Waals surface area contributed by atoms with Gasteiger partial charge in [0.05, 0.1) is 18.5 Å². The van der Waals surface area contributed by atoms with Gasteiger partial charge >= 0.3 is 0 Å². The Hall–Kier alpha value is -3.30. The van der Waals surface area contributed by atoms with Crippen LogP contribution in [-0.4, -0.2) is 60.1 Å². The lowest BCUT2D eigenvalue weighted by atomic mass is 10.1. The van der Waals surface area contributed by atoms with Crippen molar-refractivity contribution in [2.24, 2.45) is 0 Å². The Morgan fingerprint density at radius 1 is 1.21 bits per heavy atom. The molecule has 33 heavy (non-hydrogen) atoms. The second kappa shape index (κ2) is 9.29. The number of piperidine rings is 1. The van der Waals surface area contributed by atoms with Gasteiger partial charge in [-0.1, -0.05) is 12.1 Å². The zero-order valence-corrected chi connectivity index (χ0v) is 18.1. The molecule has 3 aromatic heterocycles. The molecule has 0 bridgehead atoms. The summed E-state index contributed by atoms with van der Waals surface area (Å²) in [5, 5.41) is 3.60. The van der Waals surface area contributed by atoms with Crippen molar-refractivity contribution in [3.8, 4) is 22.9 Å². The first-order valence-electron chi connectivity index (χ1n) is 10.8. The van der Waals surface area contributed by atoms with Gasteiger partial charge in [-0.05, 0) is 31.2 Å². The van der Waals surface area contributed by atoms with Crippen molar-refractivity contribution in [3.63, 3.8) is 0 Å². The van der Waals surface area contributed by atoms with Gasteiger partial charge in [0.1, 0.15) is 47.2 Å². The average molecular weight is 454 g/mol. The number of nitrogens with zero attached hydrogens (tertiary/aromatic N) is 3. The number of para-hydroxylation sites is 1. The number of hydrogen-bond acceptors (Lipinski definition) is 6. The quantitative estimate of drug-likeness (QED) is 0.429. The van der Waals surface area contributed by atoms with Crippen molar-refractivity contribution in [2.45, 2.75) is 18.7 Å². The van der Waals surface area contributed by atoms with Crippen molar-refractivity contribution in [1.82, 2.24) is 19.7 Å². The molecule has 0 spiro atoms. The Bertz CT molecular complexity index is 1280. The highest BCUT2D eigenvalue weighted by atomic mass is 19.1. The van der Waals surface area contributed by atoms with Gasteiger partial charge in [-0.15, -0.1) is 0 Å². The van der Waals surface area contributed by atoms with E-state index >= 15 is 4.39 Å². The molecule has 5 rings (SSSR count). The summed E-state index contributed by atoms with van der Waals surface area (Å²) in [6, 6.07) is 10.2. The van der Waals surface area contributed by atoms with Crippen molar-refractivity contribution in [3.05, 3.63) is 54.6 Å². The number of alkyl halides is 1. The van der Waals surface area contributed by atoms with Crippen LogP contribution in [0.1, 0.15) is 6.42 Å². The number of aromatic nitrogens is 3. The van der Waals surface area contributed by atoms with Gasteiger partial charge in [-0.25, -0.2) is 18.7 Å². The summed E-state index contributed by atoms with van der Waals surface area (Å²) in [5.41, 5.74) is 1.71. The maximum absolute atomic E-state index is 15.1. The molecule has 1 aliphatic rings. The summed E-state index contributed by atoms with van der Waals surface area (Å²) in [7, 11) is 1.61. The van der Waals surface area contributed by atoms with Crippen molar-refractivity contribution >= 4 is 16.6 Å². The predicted molar refractivity (Wildman–Crippen MR) is 120 cm³/mol. The number of rotatable bonds is 7. The molecule has 0 radical (unpaired) electrons. The number of benzene rings is 1. The monoisotopic (exact) mass is 454 g/mol. The molecule has 0 unspecified atom stereocenters. The van der Waals surface area contributed by atoms with E-state index in [4.69, 9.17) is 14.2 Å². The third-order valence-corrected chi connectivity index (χ3v) is 5.67. The van der Waals surface area contributed by atoms with Crippen LogP contribution in [0.4, 0.5) is 8.78 Å². The minimum atomic E-state index is -1.12. The van der Waals surface area contributed by atoms with Gasteiger partial charge in [0, 0.05) is 31.3 Å². The Balaban J connectivity index is 1.51. The molecule has 4 aromatic rings. The van der Waals surface area contributed by atoms with Gasteiger partial charge in [-0.2, -0.15) is 0 Å². The lowest BCUT2D eigenvalue weighted by molar-refractivity contribution is 0.0742. The van der Waals surface area contributed by atoms with Crippen LogP contribution in [0.3, 0.4) is 0 Å². The fraction of sp³-hybridized carbons (Fsp3) is 0.333. The Morgan fingerprint density at radius 2 is 2.12 bits per heavy atom. The minimum absolute atomic E-state index is 0.140. The standard InChI is InChI=1S/C24H24F2N4O3/c1-31-9-10-32-16-6-8-30-19(14-28-22(30)12-16)24-17(25)11-15-3-2-4-21(23(15)29-24)33-20-5-7-27-13-18(20)26/h2-4,6,8,11-12,14,18,20,27H,5,7,9-10,13H2,1H3/t18-,20-/m0/s1. The molecule has 9 heteroatoms. The fourth-order valence-corrected chi connectivity index (χ4v) is 3.98. The molecule has 7 nitrogen and oxygen atoms in total. The number of fused-ring (bicyclic) bond motifs is 2. The van der Waals surface area contributed by atoms with Crippen LogP contribution in [0.5, 0.6) is 11.5 Å². The highest BCUT2D eigenvalue weighted by molar-refractivity contribution is 5.87. The SMILES string of the molecule is COCCOc1ccn2c(-c3nc4c(O[C@H]5CCNC[C@@H]5F)cccc4cc3F)cnc2c1. The molecular formula is C24H24F2N4O3. The zero-order chi connectivity index (χ0) is 22.8. The van der Waals surface area contributed by atoms with E-state index in [-0.39, 0.29) is 12.2 Å². The van der Waals surface area contributed by atoms with Crippen LogP contribution < -0.4 is 14.8 Å². The Kier molecular flexibility index (Phi) is 6.06. The summed E-state index contributed by atoms with van der Waals surface area (Å²) >= 11 is 0.